The zero-order valence-corrected chi connectivity index (χ0v) is 17.8. The minimum absolute atomic E-state index is 0.161. The fourth-order valence-electron chi connectivity index (χ4n) is 3.60. The van der Waals surface area contributed by atoms with Gasteiger partial charge in [0.05, 0.1) is 12.0 Å². The first kappa shape index (κ1) is 21.1. The summed E-state index contributed by atoms with van der Waals surface area (Å²) in [5, 5.41) is 3.16. The van der Waals surface area contributed by atoms with E-state index in [2.05, 4.69) is 5.32 Å². The predicted molar refractivity (Wildman–Crippen MR) is 116 cm³/mol. The number of amides is 1. The van der Waals surface area contributed by atoms with Gasteiger partial charge in [-0.3, -0.25) is 4.79 Å². The highest BCUT2D eigenvalue weighted by molar-refractivity contribution is 7.89. The Balaban J connectivity index is 1.55. The molecule has 1 saturated heterocycles. The SMILES string of the molecule is COc1cccc2cc(C(=O)Nc3ccc(S(=O)(=O)N4CCCCC4)cc3)c(=O)oc12. The number of fused-ring (bicyclic) bond motifs is 1. The van der Waals surface area contributed by atoms with Crippen molar-refractivity contribution in [3.8, 4) is 5.75 Å². The number of anilines is 1. The molecule has 1 fully saturated rings. The Kier molecular flexibility index (Phi) is 5.79. The maximum atomic E-state index is 12.7. The number of sulfonamides is 1. The molecule has 0 unspecified atom stereocenters. The Labute approximate surface area is 179 Å². The zero-order chi connectivity index (χ0) is 22.0. The molecular weight excluding hydrogens is 420 g/mol. The van der Waals surface area contributed by atoms with Gasteiger partial charge in [0.25, 0.3) is 5.91 Å². The van der Waals surface area contributed by atoms with Crippen molar-refractivity contribution >= 4 is 32.6 Å². The van der Waals surface area contributed by atoms with Crippen LogP contribution in [-0.4, -0.2) is 38.8 Å². The quantitative estimate of drug-likeness (QED) is 0.608. The highest BCUT2D eigenvalue weighted by atomic mass is 32.2. The van der Waals surface area contributed by atoms with E-state index in [0.717, 1.165) is 19.3 Å². The van der Waals surface area contributed by atoms with Crippen molar-refractivity contribution in [2.24, 2.45) is 0 Å². The number of methoxy groups -OCH3 is 1. The maximum Gasteiger partial charge on any atom is 0.349 e. The van der Waals surface area contributed by atoms with Gasteiger partial charge in [-0.2, -0.15) is 4.31 Å². The molecule has 1 aliphatic heterocycles. The van der Waals surface area contributed by atoms with E-state index in [0.29, 0.717) is 29.9 Å². The molecule has 0 atom stereocenters. The van der Waals surface area contributed by atoms with E-state index in [4.69, 9.17) is 9.15 Å². The summed E-state index contributed by atoms with van der Waals surface area (Å²) in [7, 11) is -2.09. The van der Waals surface area contributed by atoms with Crippen LogP contribution in [0, 0.1) is 0 Å². The highest BCUT2D eigenvalue weighted by Gasteiger charge is 2.25. The molecule has 0 aliphatic carbocycles. The number of nitrogens with one attached hydrogen (secondary N) is 1. The van der Waals surface area contributed by atoms with Crippen LogP contribution in [0.1, 0.15) is 29.6 Å². The van der Waals surface area contributed by atoms with Crippen LogP contribution in [0.3, 0.4) is 0 Å². The summed E-state index contributed by atoms with van der Waals surface area (Å²) in [4.78, 5) is 25.1. The van der Waals surface area contributed by atoms with Gasteiger partial charge in [0.2, 0.25) is 10.0 Å². The highest BCUT2D eigenvalue weighted by Crippen LogP contribution is 2.25. The topological polar surface area (TPSA) is 106 Å². The molecule has 2 aromatic carbocycles. The number of ether oxygens (including phenoxy) is 1. The average Bonchev–Trinajstić information content (AvgIpc) is 2.79. The number of rotatable bonds is 5. The summed E-state index contributed by atoms with van der Waals surface area (Å²) in [6.45, 7) is 1.03. The molecule has 4 rings (SSSR count). The molecule has 1 N–H and O–H groups in total. The Morgan fingerprint density at radius 3 is 2.45 bits per heavy atom. The first-order chi connectivity index (χ1) is 14.9. The first-order valence-corrected chi connectivity index (χ1v) is 11.4. The molecule has 1 aromatic heterocycles. The molecular formula is C22H22N2O6S. The fraction of sp³-hybridized carbons (Fsp3) is 0.273. The fourth-order valence-corrected chi connectivity index (χ4v) is 5.12. The molecule has 162 valence electrons. The molecule has 31 heavy (non-hydrogen) atoms. The van der Waals surface area contributed by atoms with E-state index in [1.54, 1.807) is 18.2 Å². The number of hydrogen-bond acceptors (Lipinski definition) is 6. The second-order valence-corrected chi connectivity index (χ2v) is 9.21. The van der Waals surface area contributed by atoms with Crippen LogP contribution in [0.4, 0.5) is 5.69 Å². The molecule has 2 heterocycles. The van der Waals surface area contributed by atoms with Gasteiger partial charge in [-0.25, -0.2) is 13.2 Å². The number of carbonyl (C=O) groups excluding carboxylic acids is 1. The largest absolute Gasteiger partial charge is 0.493 e. The van der Waals surface area contributed by atoms with Crippen molar-refractivity contribution in [3.05, 3.63) is 64.5 Å². The Bertz CT molecular complexity index is 1280. The number of benzene rings is 2. The number of nitrogens with zero attached hydrogens (tertiary/aromatic N) is 1. The number of carbonyl (C=O) groups is 1. The number of para-hydroxylation sites is 1. The molecule has 1 amide bonds. The van der Waals surface area contributed by atoms with Crippen molar-refractivity contribution < 1.29 is 22.4 Å². The van der Waals surface area contributed by atoms with Crippen LogP contribution >= 0.6 is 0 Å². The van der Waals surface area contributed by atoms with Crippen LogP contribution in [0.2, 0.25) is 0 Å². The van der Waals surface area contributed by atoms with Gasteiger partial charge in [-0.05, 0) is 49.2 Å². The lowest BCUT2D eigenvalue weighted by molar-refractivity contribution is 0.102. The molecule has 3 aromatic rings. The number of piperidine rings is 1. The van der Waals surface area contributed by atoms with E-state index in [1.807, 2.05) is 0 Å². The lowest BCUT2D eigenvalue weighted by atomic mass is 10.1. The number of hydrogen-bond donors (Lipinski definition) is 1. The van der Waals surface area contributed by atoms with Crippen molar-refractivity contribution in [2.45, 2.75) is 24.2 Å². The van der Waals surface area contributed by atoms with Gasteiger partial charge < -0.3 is 14.5 Å². The lowest BCUT2D eigenvalue weighted by Gasteiger charge is -2.25. The van der Waals surface area contributed by atoms with Gasteiger partial charge in [-0.1, -0.05) is 18.6 Å². The van der Waals surface area contributed by atoms with Gasteiger partial charge in [0, 0.05) is 24.2 Å². The van der Waals surface area contributed by atoms with Crippen LogP contribution in [0.5, 0.6) is 5.75 Å². The van der Waals surface area contributed by atoms with Gasteiger partial charge in [0.15, 0.2) is 11.3 Å². The predicted octanol–water partition coefficient (Wildman–Crippen LogP) is 3.23. The maximum absolute atomic E-state index is 12.7. The molecule has 0 spiro atoms. The summed E-state index contributed by atoms with van der Waals surface area (Å²) in [6.07, 6.45) is 2.74. The van der Waals surface area contributed by atoms with Crippen molar-refractivity contribution in [1.29, 1.82) is 0 Å². The zero-order valence-electron chi connectivity index (χ0n) is 17.0. The summed E-state index contributed by atoms with van der Waals surface area (Å²) in [5.74, 6) is -0.253. The van der Waals surface area contributed by atoms with Crippen molar-refractivity contribution in [1.82, 2.24) is 4.31 Å². The Morgan fingerprint density at radius 2 is 1.77 bits per heavy atom. The third-order valence-electron chi connectivity index (χ3n) is 5.25. The summed E-state index contributed by atoms with van der Waals surface area (Å²) in [5.41, 5.74) is -0.323. The Hall–Kier alpha value is -3.17. The van der Waals surface area contributed by atoms with Crippen LogP contribution in [0.15, 0.2) is 62.6 Å². The molecule has 9 heteroatoms. The second-order valence-electron chi connectivity index (χ2n) is 7.27. The van der Waals surface area contributed by atoms with Gasteiger partial charge >= 0.3 is 5.63 Å². The standard InChI is InChI=1S/C22H22N2O6S/c1-29-19-7-5-6-15-14-18(22(26)30-20(15)19)21(25)23-16-8-10-17(11-9-16)31(27,28)24-12-3-2-4-13-24/h5-11,14H,2-4,12-13H2,1H3,(H,23,25). The molecule has 0 radical (unpaired) electrons. The van der Waals surface area contributed by atoms with E-state index in [1.165, 1.54) is 41.7 Å². The van der Waals surface area contributed by atoms with E-state index >= 15 is 0 Å². The van der Waals surface area contributed by atoms with Gasteiger partial charge in [0.1, 0.15) is 5.56 Å². The van der Waals surface area contributed by atoms with Crippen LogP contribution in [0.25, 0.3) is 11.0 Å². The van der Waals surface area contributed by atoms with Crippen LogP contribution < -0.4 is 15.7 Å². The lowest BCUT2D eigenvalue weighted by Crippen LogP contribution is -2.35. The third-order valence-corrected chi connectivity index (χ3v) is 7.17. The van der Waals surface area contributed by atoms with E-state index < -0.39 is 21.6 Å². The monoisotopic (exact) mass is 442 g/mol. The molecule has 0 bridgehead atoms. The average molecular weight is 442 g/mol. The van der Waals surface area contributed by atoms with Gasteiger partial charge in [-0.15, -0.1) is 0 Å². The van der Waals surface area contributed by atoms with Crippen molar-refractivity contribution in [2.75, 3.05) is 25.5 Å². The van der Waals surface area contributed by atoms with Crippen molar-refractivity contribution in [3.63, 3.8) is 0 Å². The smallest absolute Gasteiger partial charge is 0.349 e. The second kappa shape index (κ2) is 8.52. The van der Waals surface area contributed by atoms with E-state index in [9.17, 15) is 18.0 Å². The summed E-state index contributed by atoms with van der Waals surface area (Å²) in [6, 6.07) is 12.4. The first-order valence-electron chi connectivity index (χ1n) is 9.92. The third kappa shape index (κ3) is 4.19. The van der Waals surface area contributed by atoms with E-state index in [-0.39, 0.29) is 16.0 Å². The minimum Gasteiger partial charge on any atom is -0.493 e. The molecule has 8 nitrogen and oxygen atoms in total. The molecule has 1 aliphatic rings. The molecule has 0 saturated carbocycles. The normalized spacial score (nSPS) is 15.0. The summed E-state index contributed by atoms with van der Waals surface area (Å²) >= 11 is 0. The van der Waals surface area contributed by atoms with Crippen LogP contribution in [-0.2, 0) is 10.0 Å². The Morgan fingerprint density at radius 1 is 1.06 bits per heavy atom. The summed E-state index contributed by atoms with van der Waals surface area (Å²) < 4.78 is 37.4. The minimum atomic E-state index is -3.55.